The van der Waals surface area contributed by atoms with E-state index in [9.17, 15) is 14.4 Å². The van der Waals surface area contributed by atoms with Crippen LogP contribution in [0.3, 0.4) is 0 Å². The molecule has 6 rings (SSSR count). The number of anilines is 1. The Morgan fingerprint density at radius 1 is 0.891 bits per heavy atom. The van der Waals surface area contributed by atoms with E-state index in [0.29, 0.717) is 89.8 Å². The molecule has 3 aromatic rings. The van der Waals surface area contributed by atoms with Crippen LogP contribution in [0.4, 0.5) is 5.82 Å². The van der Waals surface area contributed by atoms with Crippen molar-refractivity contribution in [3.05, 3.63) is 88.4 Å². The van der Waals surface area contributed by atoms with Crippen molar-refractivity contribution in [3.8, 4) is 0 Å². The Bertz CT molecular complexity index is 1520. The van der Waals surface area contributed by atoms with Crippen molar-refractivity contribution >= 4 is 24.0 Å². The topological polar surface area (TPSA) is 132 Å². The molecule has 242 valence electrons. The average molecular weight is 628 g/mol. The van der Waals surface area contributed by atoms with Crippen molar-refractivity contribution in [2.24, 2.45) is 0 Å². The lowest BCUT2D eigenvalue weighted by molar-refractivity contribution is -0.137. The molecule has 3 amide bonds. The number of rotatable bonds is 3. The van der Waals surface area contributed by atoms with Gasteiger partial charge in [-0.3, -0.25) is 19.4 Å². The van der Waals surface area contributed by atoms with Crippen LogP contribution in [0.1, 0.15) is 63.0 Å². The predicted octanol–water partition coefficient (Wildman–Crippen LogP) is 3.04. The van der Waals surface area contributed by atoms with Gasteiger partial charge in [0, 0.05) is 43.7 Å². The largest absolute Gasteiger partial charge is 0.379 e. The molecule has 2 aliphatic heterocycles. The van der Waals surface area contributed by atoms with Gasteiger partial charge < -0.3 is 29.7 Å². The second kappa shape index (κ2) is 15.4. The van der Waals surface area contributed by atoms with Crippen LogP contribution in [0.2, 0.25) is 0 Å². The molecule has 46 heavy (non-hydrogen) atoms. The number of benzene rings is 1. The molecule has 2 N–H and O–H groups in total. The molecule has 1 aromatic carbocycles. The molecule has 0 radical (unpaired) electrons. The maximum absolute atomic E-state index is 13.6. The minimum absolute atomic E-state index is 0.0564. The quantitative estimate of drug-likeness (QED) is 0.424. The highest BCUT2D eigenvalue weighted by Crippen LogP contribution is 2.37. The third-order valence-electron chi connectivity index (χ3n) is 8.99. The first-order chi connectivity index (χ1) is 22.6. The number of carbonyl (C=O) groups is 3. The summed E-state index contributed by atoms with van der Waals surface area (Å²) in [7, 11) is 0. The van der Waals surface area contributed by atoms with Crippen molar-refractivity contribution in [3.63, 3.8) is 0 Å². The van der Waals surface area contributed by atoms with Crippen LogP contribution in [0.15, 0.2) is 54.9 Å². The van der Waals surface area contributed by atoms with E-state index in [0.717, 1.165) is 40.8 Å². The van der Waals surface area contributed by atoms with Gasteiger partial charge in [0.15, 0.2) is 0 Å². The van der Waals surface area contributed by atoms with Gasteiger partial charge in [-0.15, -0.1) is 0 Å². The number of ether oxygens (including phenoxy) is 3. The normalized spacial score (nSPS) is 23.2. The summed E-state index contributed by atoms with van der Waals surface area (Å²) >= 11 is 0. The predicted molar refractivity (Wildman–Crippen MR) is 171 cm³/mol. The van der Waals surface area contributed by atoms with Gasteiger partial charge in [-0.25, -0.2) is 4.98 Å². The summed E-state index contributed by atoms with van der Waals surface area (Å²) in [4.78, 5) is 49.6. The number of piperidine rings is 1. The molecule has 1 saturated heterocycles. The first kappa shape index (κ1) is 31.8. The molecule has 0 spiro atoms. The molecule has 0 saturated carbocycles. The fourth-order valence-electron chi connectivity index (χ4n) is 6.63. The number of carbonyl (C=O) groups excluding carboxylic acids is 3. The van der Waals surface area contributed by atoms with Gasteiger partial charge in [0.05, 0.1) is 38.6 Å². The van der Waals surface area contributed by atoms with Gasteiger partial charge >= 0.3 is 0 Å². The summed E-state index contributed by atoms with van der Waals surface area (Å²) in [5.41, 5.74) is 5.48. The molecule has 11 heteroatoms. The molecular weight excluding hydrogens is 586 g/mol. The van der Waals surface area contributed by atoms with Gasteiger partial charge in [-0.1, -0.05) is 36.4 Å². The second-order valence-corrected chi connectivity index (χ2v) is 12.1. The Morgan fingerprint density at radius 2 is 1.67 bits per heavy atom. The van der Waals surface area contributed by atoms with Gasteiger partial charge in [0.25, 0.3) is 5.91 Å². The van der Waals surface area contributed by atoms with E-state index in [2.05, 4.69) is 38.8 Å². The van der Waals surface area contributed by atoms with E-state index in [-0.39, 0.29) is 23.7 Å². The van der Waals surface area contributed by atoms with E-state index in [1.807, 2.05) is 24.3 Å². The van der Waals surface area contributed by atoms with E-state index in [1.54, 1.807) is 17.3 Å². The van der Waals surface area contributed by atoms with Crippen molar-refractivity contribution in [1.29, 1.82) is 0 Å². The van der Waals surface area contributed by atoms with Gasteiger partial charge in [0.1, 0.15) is 11.9 Å². The fourth-order valence-corrected chi connectivity index (χ4v) is 6.63. The SMILES string of the molecule is O=CNc1ncc2cc1C1Cc3cc(cnc3C1)C(=O)NC1CC(c3ccccc3)CN(CCOCCOCCOCCC2)C1=O. The minimum atomic E-state index is -0.670. The fraction of sp³-hybridized carbons (Fsp3) is 0.457. The lowest BCUT2D eigenvalue weighted by Crippen LogP contribution is -2.55. The van der Waals surface area contributed by atoms with Crippen LogP contribution in [0.25, 0.3) is 0 Å². The van der Waals surface area contributed by atoms with Crippen LogP contribution in [-0.2, 0) is 43.1 Å². The summed E-state index contributed by atoms with van der Waals surface area (Å²) in [6.07, 6.45) is 7.51. The molecule has 11 nitrogen and oxygen atoms in total. The molecule has 3 unspecified atom stereocenters. The highest BCUT2D eigenvalue weighted by molar-refractivity contribution is 5.97. The molecule has 7 bridgehead atoms. The zero-order valence-corrected chi connectivity index (χ0v) is 26.0. The number of aryl methyl sites for hydroxylation is 1. The van der Waals surface area contributed by atoms with E-state index in [1.165, 1.54) is 0 Å². The number of amides is 3. The Kier molecular flexibility index (Phi) is 10.6. The molecule has 2 aromatic heterocycles. The van der Waals surface area contributed by atoms with Crippen molar-refractivity contribution in [2.45, 2.75) is 50.0 Å². The number of pyridine rings is 2. The van der Waals surface area contributed by atoms with Crippen molar-refractivity contribution in [2.75, 3.05) is 58.0 Å². The number of fused-ring (bicyclic) bond motifs is 7. The maximum atomic E-state index is 13.6. The standard InChI is InChI=1S/C35H41N5O6/c41-23-38-33-30-15-24(20-37-33)5-4-9-44-11-13-46-14-12-45-10-8-40-22-29(25-6-2-1-3-7-25)19-32(35(40)43)39-34(42)28-17-27-16-26(30)18-31(27)36-21-28/h1-3,6-7,15,17,20-21,23,26,29,32H,4-5,8-14,16,18-19,22H2,(H,39,42)(H,37,38,41). The lowest BCUT2D eigenvalue weighted by Gasteiger charge is -2.37. The molecule has 1 fully saturated rings. The van der Waals surface area contributed by atoms with Crippen LogP contribution in [-0.4, -0.2) is 91.9 Å². The van der Waals surface area contributed by atoms with Gasteiger partial charge in [-0.05, 0) is 66.3 Å². The molecular formula is C35H41N5O6. The number of nitrogens with zero attached hydrogens (tertiary/aromatic N) is 3. The number of aromatic nitrogens is 2. The van der Waals surface area contributed by atoms with Crippen LogP contribution in [0, 0.1) is 0 Å². The molecule has 4 heterocycles. The second-order valence-electron chi connectivity index (χ2n) is 12.1. The van der Waals surface area contributed by atoms with Crippen LogP contribution < -0.4 is 10.6 Å². The van der Waals surface area contributed by atoms with E-state index >= 15 is 0 Å². The molecule has 3 aliphatic rings. The Morgan fingerprint density at radius 3 is 2.48 bits per heavy atom. The highest BCUT2D eigenvalue weighted by Gasteiger charge is 2.36. The molecule has 3 atom stereocenters. The zero-order chi connectivity index (χ0) is 31.7. The summed E-state index contributed by atoms with van der Waals surface area (Å²) < 4.78 is 17.2. The summed E-state index contributed by atoms with van der Waals surface area (Å²) in [6.45, 7) is 3.79. The van der Waals surface area contributed by atoms with E-state index < -0.39 is 6.04 Å². The number of hydrogen-bond donors (Lipinski definition) is 2. The van der Waals surface area contributed by atoms with Crippen LogP contribution in [0.5, 0.6) is 0 Å². The van der Waals surface area contributed by atoms with Crippen LogP contribution >= 0.6 is 0 Å². The number of nitrogens with one attached hydrogen (secondary N) is 2. The Labute approximate surface area is 269 Å². The number of hydrogen-bond acceptors (Lipinski definition) is 8. The van der Waals surface area contributed by atoms with E-state index in [4.69, 9.17) is 14.2 Å². The van der Waals surface area contributed by atoms with Crippen molar-refractivity contribution in [1.82, 2.24) is 20.2 Å². The first-order valence-electron chi connectivity index (χ1n) is 16.1. The third kappa shape index (κ3) is 7.78. The first-order valence-corrected chi connectivity index (χ1v) is 16.1. The van der Waals surface area contributed by atoms with Gasteiger partial charge in [-0.2, -0.15) is 0 Å². The highest BCUT2D eigenvalue weighted by atomic mass is 16.5. The summed E-state index contributed by atoms with van der Waals surface area (Å²) in [5, 5.41) is 5.78. The molecule has 1 aliphatic carbocycles. The Balaban J connectivity index is 1.23. The lowest BCUT2D eigenvalue weighted by atomic mass is 9.87. The zero-order valence-electron chi connectivity index (χ0n) is 26.0. The summed E-state index contributed by atoms with van der Waals surface area (Å²) in [5.74, 6) is 0.241. The van der Waals surface area contributed by atoms with Crippen molar-refractivity contribution < 1.29 is 28.6 Å². The minimum Gasteiger partial charge on any atom is -0.379 e. The average Bonchev–Trinajstić information content (AvgIpc) is 3.51. The third-order valence-corrected chi connectivity index (χ3v) is 8.99. The van der Waals surface area contributed by atoms with Gasteiger partial charge in [0.2, 0.25) is 12.3 Å². The smallest absolute Gasteiger partial charge is 0.253 e. The Hall–Kier alpha value is -4.19. The monoisotopic (exact) mass is 627 g/mol. The summed E-state index contributed by atoms with van der Waals surface area (Å²) in [6, 6.07) is 13.4. The maximum Gasteiger partial charge on any atom is 0.253 e.